The van der Waals surface area contributed by atoms with Crippen LogP contribution in [0.1, 0.15) is 19.8 Å². The molecule has 0 aliphatic rings. The molecule has 2 aromatic heterocycles. The lowest BCUT2D eigenvalue weighted by molar-refractivity contribution is -0.153. The number of imidazole rings is 1. The normalized spacial score (nSPS) is 12.3. The fraction of sp³-hybridized carbons (Fsp3) is 0.500. The van der Waals surface area contributed by atoms with Gasteiger partial charge in [-0.1, -0.05) is 0 Å². The molecular formula is C14H19N5O5. The molecule has 0 aliphatic carbocycles. The molecule has 1 atom stereocenters. The fourth-order valence-corrected chi connectivity index (χ4v) is 2.27. The average Bonchev–Trinajstić information content (AvgIpc) is 2.94. The predicted octanol–water partition coefficient (Wildman–Crippen LogP) is -1.37. The number of fused-ring (bicyclic) bond motifs is 1. The highest BCUT2D eigenvalue weighted by atomic mass is 16.5. The number of nitrogens with zero attached hydrogens (tertiary/aromatic N) is 4. The summed E-state index contributed by atoms with van der Waals surface area (Å²) in [4.78, 5) is 50.6. The lowest BCUT2D eigenvalue weighted by atomic mass is 10.3. The SMILES string of the molecule is CC(OC(=O)CCCn1cnc2c1c(=O)n(C)c(=O)n2C)C(N)=O. The summed E-state index contributed by atoms with van der Waals surface area (Å²) < 4.78 is 8.72. The number of hydrogen-bond acceptors (Lipinski definition) is 6. The van der Waals surface area contributed by atoms with E-state index in [0.717, 1.165) is 4.57 Å². The summed E-state index contributed by atoms with van der Waals surface area (Å²) >= 11 is 0. The summed E-state index contributed by atoms with van der Waals surface area (Å²) in [5.41, 5.74) is 4.69. The van der Waals surface area contributed by atoms with Gasteiger partial charge < -0.3 is 15.0 Å². The number of aryl methyl sites for hydroxylation is 2. The highest BCUT2D eigenvalue weighted by molar-refractivity contribution is 5.81. The van der Waals surface area contributed by atoms with Crippen LogP contribution in [-0.4, -0.2) is 36.7 Å². The van der Waals surface area contributed by atoms with Gasteiger partial charge in [0.05, 0.1) is 6.33 Å². The number of esters is 1. The molecule has 2 heterocycles. The van der Waals surface area contributed by atoms with Gasteiger partial charge in [0.15, 0.2) is 17.3 Å². The van der Waals surface area contributed by atoms with Crippen LogP contribution in [0.25, 0.3) is 11.2 Å². The Balaban J connectivity index is 2.12. The van der Waals surface area contributed by atoms with E-state index in [-0.39, 0.29) is 12.1 Å². The lowest BCUT2D eigenvalue weighted by Gasteiger charge is -2.10. The van der Waals surface area contributed by atoms with Crippen LogP contribution in [0, 0.1) is 0 Å². The summed E-state index contributed by atoms with van der Waals surface area (Å²) in [7, 11) is 2.92. The molecule has 0 aromatic carbocycles. The molecule has 0 saturated carbocycles. The Kier molecular flexibility index (Phi) is 4.86. The molecule has 10 nitrogen and oxygen atoms in total. The van der Waals surface area contributed by atoms with Crippen molar-refractivity contribution in [3.63, 3.8) is 0 Å². The lowest BCUT2D eigenvalue weighted by Crippen LogP contribution is -2.37. The summed E-state index contributed by atoms with van der Waals surface area (Å²) in [5, 5.41) is 0. The van der Waals surface area contributed by atoms with E-state index in [1.165, 1.54) is 31.9 Å². The Labute approximate surface area is 136 Å². The molecule has 0 aliphatic heterocycles. The van der Waals surface area contributed by atoms with E-state index in [1.54, 1.807) is 4.57 Å². The van der Waals surface area contributed by atoms with E-state index < -0.39 is 29.2 Å². The maximum atomic E-state index is 12.2. The molecule has 24 heavy (non-hydrogen) atoms. The third-order valence-corrected chi connectivity index (χ3v) is 3.71. The van der Waals surface area contributed by atoms with Crippen LogP contribution in [0.4, 0.5) is 0 Å². The van der Waals surface area contributed by atoms with Gasteiger partial charge in [-0.25, -0.2) is 9.78 Å². The molecule has 2 aromatic rings. The summed E-state index contributed by atoms with van der Waals surface area (Å²) in [6, 6.07) is 0. The second-order valence-corrected chi connectivity index (χ2v) is 5.45. The molecule has 1 amide bonds. The van der Waals surface area contributed by atoms with Crippen molar-refractivity contribution in [3.05, 3.63) is 27.2 Å². The molecule has 10 heteroatoms. The maximum Gasteiger partial charge on any atom is 0.332 e. The molecular weight excluding hydrogens is 318 g/mol. The third-order valence-electron chi connectivity index (χ3n) is 3.71. The van der Waals surface area contributed by atoms with Crippen molar-refractivity contribution in [2.24, 2.45) is 19.8 Å². The van der Waals surface area contributed by atoms with Crippen molar-refractivity contribution in [1.82, 2.24) is 18.7 Å². The first-order valence-electron chi connectivity index (χ1n) is 7.33. The number of hydrogen-bond donors (Lipinski definition) is 1. The van der Waals surface area contributed by atoms with Gasteiger partial charge in [-0.05, 0) is 13.3 Å². The van der Waals surface area contributed by atoms with Crippen molar-refractivity contribution >= 4 is 23.0 Å². The number of primary amides is 1. The highest BCUT2D eigenvalue weighted by Gasteiger charge is 2.16. The zero-order valence-corrected chi connectivity index (χ0v) is 13.7. The summed E-state index contributed by atoms with van der Waals surface area (Å²) in [6.45, 7) is 1.73. The fourth-order valence-electron chi connectivity index (χ4n) is 2.27. The number of amides is 1. The van der Waals surface area contributed by atoms with E-state index in [2.05, 4.69) is 4.98 Å². The van der Waals surface area contributed by atoms with Crippen LogP contribution in [0.5, 0.6) is 0 Å². The third kappa shape index (κ3) is 3.21. The van der Waals surface area contributed by atoms with Crippen LogP contribution < -0.4 is 17.0 Å². The standard InChI is InChI=1S/C14H19N5O5/c1-8(11(15)21)24-9(20)5-4-6-19-7-16-12-10(19)13(22)18(3)14(23)17(12)2/h7-8H,4-6H2,1-3H3,(H2,15,21). The second kappa shape index (κ2) is 6.69. The second-order valence-electron chi connectivity index (χ2n) is 5.45. The van der Waals surface area contributed by atoms with Gasteiger partial charge in [0.1, 0.15) is 0 Å². The van der Waals surface area contributed by atoms with E-state index in [9.17, 15) is 19.2 Å². The molecule has 0 saturated heterocycles. The smallest absolute Gasteiger partial charge is 0.332 e. The van der Waals surface area contributed by atoms with Crippen LogP contribution in [-0.2, 0) is 35.0 Å². The first-order valence-corrected chi connectivity index (χ1v) is 7.33. The quantitative estimate of drug-likeness (QED) is 0.647. The Bertz CT molecular complexity index is 907. The Morgan fingerprint density at radius 2 is 1.96 bits per heavy atom. The zero-order valence-electron chi connectivity index (χ0n) is 13.7. The van der Waals surface area contributed by atoms with Gasteiger partial charge in [0, 0.05) is 27.1 Å². The number of carbonyl (C=O) groups is 2. The van der Waals surface area contributed by atoms with Gasteiger partial charge in [-0.3, -0.25) is 23.5 Å². The van der Waals surface area contributed by atoms with Gasteiger partial charge in [0.25, 0.3) is 11.5 Å². The van der Waals surface area contributed by atoms with Crippen molar-refractivity contribution in [2.75, 3.05) is 0 Å². The number of ether oxygens (including phenoxy) is 1. The molecule has 2 rings (SSSR count). The van der Waals surface area contributed by atoms with Gasteiger partial charge in [-0.15, -0.1) is 0 Å². The Hall–Kier alpha value is -2.91. The minimum Gasteiger partial charge on any atom is -0.453 e. The van der Waals surface area contributed by atoms with Crippen molar-refractivity contribution in [1.29, 1.82) is 0 Å². The van der Waals surface area contributed by atoms with Crippen molar-refractivity contribution in [2.45, 2.75) is 32.4 Å². The number of carbonyl (C=O) groups excluding carboxylic acids is 2. The highest BCUT2D eigenvalue weighted by Crippen LogP contribution is 2.08. The monoisotopic (exact) mass is 337 g/mol. The Morgan fingerprint density at radius 1 is 1.29 bits per heavy atom. The number of rotatable bonds is 6. The molecule has 2 N–H and O–H groups in total. The minimum absolute atomic E-state index is 0.0589. The van der Waals surface area contributed by atoms with Crippen LogP contribution in [0.3, 0.4) is 0 Å². The molecule has 0 bridgehead atoms. The van der Waals surface area contributed by atoms with Gasteiger partial charge >= 0.3 is 11.7 Å². The molecule has 130 valence electrons. The van der Waals surface area contributed by atoms with Crippen LogP contribution in [0.2, 0.25) is 0 Å². The van der Waals surface area contributed by atoms with E-state index in [0.29, 0.717) is 18.5 Å². The first-order chi connectivity index (χ1) is 11.2. The van der Waals surface area contributed by atoms with E-state index >= 15 is 0 Å². The predicted molar refractivity (Wildman–Crippen MR) is 84.2 cm³/mol. The van der Waals surface area contributed by atoms with Gasteiger partial charge in [-0.2, -0.15) is 0 Å². The van der Waals surface area contributed by atoms with Gasteiger partial charge in [0.2, 0.25) is 0 Å². The van der Waals surface area contributed by atoms with E-state index in [4.69, 9.17) is 10.5 Å². The maximum absolute atomic E-state index is 12.2. The number of nitrogens with two attached hydrogens (primary N) is 1. The molecule has 0 radical (unpaired) electrons. The van der Waals surface area contributed by atoms with Crippen LogP contribution >= 0.6 is 0 Å². The number of aromatic nitrogens is 4. The topological polar surface area (TPSA) is 131 Å². The summed E-state index contributed by atoms with van der Waals surface area (Å²) in [5.74, 6) is -1.26. The van der Waals surface area contributed by atoms with Crippen molar-refractivity contribution < 1.29 is 14.3 Å². The van der Waals surface area contributed by atoms with Crippen LogP contribution in [0.15, 0.2) is 15.9 Å². The molecule has 0 spiro atoms. The average molecular weight is 337 g/mol. The van der Waals surface area contributed by atoms with Crippen molar-refractivity contribution in [3.8, 4) is 0 Å². The zero-order chi connectivity index (χ0) is 18.0. The Morgan fingerprint density at radius 3 is 2.58 bits per heavy atom. The molecule has 1 unspecified atom stereocenters. The molecule has 0 fully saturated rings. The first kappa shape index (κ1) is 17.4. The van der Waals surface area contributed by atoms with E-state index in [1.807, 2.05) is 0 Å². The summed E-state index contributed by atoms with van der Waals surface area (Å²) in [6.07, 6.45) is 0.905. The minimum atomic E-state index is -0.978. The largest absolute Gasteiger partial charge is 0.453 e.